The number of pyridine rings is 1. The van der Waals surface area contributed by atoms with Crippen LogP contribution in [0, 0.1) is 39.4 Å². The zero-order valence-corrected chi connectivity index (χ0v) is 16.6. The number of nitrogens with zero attached hydrogens (tertiary/aromatic N) is 4. The fourth-order valence-corrected chi connectivity index (χ4v) is 3.76. The summed E-state index contributed by atoms with van der Waals surface area (Å²) < 4.78 is 13.4. The van der Waals surface area contributed by atoms with E-state index in [1.54, 1.807) is 19.2 Å². The Bertz CT molecular complexity index is 1020. The van der Waals surface area contributed by atoms with E-state index in [0.717, 1.165) is 12.6 Å². The average Bonchev–Trinajstić information content (AvgIpc) is 2.78. The lowest BCUT2D eigenvalue weighted by atomic mass is 9.91. The Hall–Kier alpha value is -3.80. The van der Waals surface area contributed by atoms with Crippen LogP contribution in [0.1, 0.15) is 24.0 Å². The second kappa shape index (κ2) is 8.69. The van der Waals surface area contributed by atoms with Gasteiger partial charge in [-0.05, 0) is 31.0 Å². The number of halogens is 1. The standard InChI is InChI=1S/C21H23FN8/c1-29(12-25)21(27)13-4-6-30(7-5-13)20-16(14-2-3-18(22)28-11-14)8-15(9-23)19(26)17(20)10-24/h2-3,8-9,11-13,23,25,27H,4-7,26H2,1H3. The summed E-state index contributed by atoms with van der Waals surface area (Å²) in [5.74, 6) is -0.183. The van der Waals surface area contributed by atoms with Crippen molar-refractivity contribution < 1.29 is 4.39 Å². The molecule has 0 amide bonds. The zero-order valence-electron chi connectivity index (χ0n) is 16.6. The molecule has 154 valence electrons. The van der Waals surface area contributed by atoms with Gasteiger partial charge in [0.2, 0.25) is 5.95 Å². The summed E-state index contributed by atoms with van der Waals surface area (Å²) in [6, 6.07) is 6.75. The number of nitrogen functional groups attached to an aromatic ring is 1. The number of aromatic nitrogens is 1. The van der Waals surface area contributed by atoms with E-state index < -0.39 is 5.95 Å². The maximum atomic E-state index is 13.4. The lowest BCUT2D eigenvalue weighted by Crippen LogP contribution is -2.41. The maximum absolute atomic E-state index is 13.4. The monoisotopic (exact) mass is 406 g/mol. The van der Waals surface area contributed by atoms with E-state index in [1.807, 2.05) is 0 Å². The van der Waals surface area contributed by atoms with E-state index in [4.69, 9.17) is 22.0 Å². The SMILES string of the molecule is CN(C=N)C(=N)C1CCN(c2c(-c3ccc(F)nc3)cc(C=N)c(N)c2C#N)CC1. The fraction of sp³-hybridized carbons (Fsp3) is 0.286. The number of anilines is 2. The van der Waals surface area contributed by atoms with Crippen molar-refractivity contribution in [2.75, 3.05) is 30.8 Å². The van der Waals surface area contributed by atoms with Crippen LogP contribution in [0.15, 0.2) is 24.4 Å². The molecule has 0 radical (unpaired) electrons. The van der Waals surface area contributed by atoms with E-state index >= 15 is 0 Å². The van der Waals surface area contributed by atoms with Crippen molar-refractivity contribution in [2.24, 2.45) is 5.92 Å². The first kappa shape index (κ1) is 20.9. The number of nitrogens with one attached hydrogen (secondary N) is 3. The van der Waals surface area contributed by atoms with E-state index in [-0.39, 0.29) is 17.2 Å². The van der Waals surface area contributed by atoms with Crippen molar-refractivity contribution in [1.82, 2.24) is 9.88 Å². The Labute approximate surface area is 174 Å². The van der Waals surface area contributed by atoms with Gasteiger partial charge in [0.15, 0.2) is 0 Å². The molecule has 3 rings (SSSR count). The molecule has 1 aliphatic rings. The molecule has 1 aromatic heterocycles. The molecule has 0 unspecified atom stereocenters. The van der Waals surface area contributed by atoms with E-state index in [2.05, 4.69) is 16.0 Å². The van der Waals surface area contributed by atoms with Crippen molar-refractivity contribution in [1.29, 1.82) is 21.5 Å². The van der Waals surface area contributed by atoms with Crippen molar-refractivity contribution in [2.45, 2.75) is 12.8 Å². The van der Waals surface area contributed by atoms with Crippen molar-refractivity contribution in [3.63, 3.8) is 0 Å². The first-order chi connectivity index (χ1) is 14.4. The van der Waals surface area contributed by atoms with Gasteiger partial charge in [-0.3, -0.25) is 10.8 Å². The largest absolute Gasteiger partial charge is 0.397 e. The van der Waals surface area contributed by atoms with E-state index in [1.165, 1.54) is 17.2 Å². The number of piperidine rings is 1. The van der Waals surface area contributed by atoms with Crippen LogP contribution in [0.25, 0.3) is 11.1 Å². The molecule has 1 aromatic carbocycles. The van der Waals surface area contributed by atoms with Crippen LogP contribution in [-0.2, 0) is 0 Å². The highest BCUT2D eigenvalue weighted by molar-refractivity contribution is 5.97. The van der Waals surface area contributed by atoms with E-state index in [0.29, 0.717) is 54.1 Å². The molecule has 0 bridgehead atoms. The molecule has 2 aromatic rings. The zero-order chi connectivity index (χ0) is 21.8. The maximum Gasteiger partial charge on any atom is 0.212 e. The van der Waals surface area contributed by atoms with Crippen LogP contribution in [-0.4, -0.2) is 48.4 Å². The summed E-state index contributed by atoms with van der Waals surface area (Å²) in [5.41, 5.74) is 9.04. The topological polar surface area (TPSA) is 141 Å². The third-order valence-corrected chi connectivity index (χ3v) is 5.45. The van der Waals surface area contributed by atoms with Gasteiger partial charge in [0.1, 0.15) is 11.9 Å². The molecule has 1 fully saturated rings. The van der Waals surface area contributed by atoms with Crippen LogP contribution in [0.4, 0.5) is 15.8 Å². The minimum atomic E-state index is -0.599. The molecule has 5 N–H and O–H groups in total. The van der Waals surface area contributed by atoms with Crippen molar-refractivity contribution >= 4 is 29.8 Å². The predicted octanol–water partition coefficient (Wildman–Crippen LogP) is 3.07. The minimum Gasteiger partial charge on any atom is -0.397 e. The Morgan fingerprint density at radius 3 is 2.60 bits per heavy atom. The van der Waals surface area contributed by atoms with Gasteiger partial charge in [-0.15, -0.1) is 0 Å². The summed E-state index contributed by atoms with van der Waals surface area (Å²) in [4.78, 5) is 7.27. The van der Waals surface area contributed by atoms with Crippen LogP contribution >= 0.6 is 0 Å². The quantitative estimate of drug-likeness (QED) is 0.261. The van der Waals surface area contributed by atoms with Gasteiger partial charge in [-0.2, -0.15) is 9.65 Å². The van der Waals surface area contributed by atoms with Gasteiger partial charge in [-0.1, -0.05) is 0 Å². The van der Waals surface area contributed by atoms with Crippen molar-refractivity contribution in [3.8, 4) is 17.2 Å². The van der Waals surface area contributed by atoms with Crippen LogP contribution < -0.4 is 10.6 Å². The van der Waals surface area contributed by atoms with Gasteiger partial charge in [0, 0.05) is 55.2 Å². The first-order valence-corrected chi connectivity index (χ1v) is 9.47. The summed E-state index contributed by atoms with van der Waals surface area (Å²) >= 11 is 0. The lowest BCUT2D eigenvalue weighted by Gasteiger charge is -2.37. The number of nitrogens with two attached hydrogens (primary N) is 1. The molecule has 1 aliphatic heterocycles. The second-order valence-electron chi connectivity index (χ2n) is 7.16. The first-order valence-electron chi connectivity index (χ1n) is 9.47. The average molecular weight is 406 g/mol. The third kappa shape index (κ3) is 3.85. The van der Waals surface area contributed by atoms with Gasteiger partial charge >= 0.3 is 0 Å². The molecule has 9 heteroatoms. The molecule has 0 aliphatic carbocycles. The lowest BCUT2D eigenvalue weighted by molar-refractivity contribution is 0.473. The van der Waals surface area contributed by atoms with Crippen LogP contribution in [0.2, 0.25) is 0 Å². The third-order valence-electron chi connectivity index (χ3n) is 5.45. The molecule has 8 nitrogen and oxygen atoms in total. The predicted molar refractivity (Wildman–Crippen MR) is 116 cm³/mol. The molecule has 2 heterocycles. The highest BCUT2D eigenvalue weighted by atomic mass is 19.1. The molecule has 0 saturated carbocycles. The molecule has 1 saturated heterocycles. The molecular formula is C21H23FN8. The summed E-state index contributed by atoms with van der Waals surface area (Å²) in [6.07, 6.45) is 5.01. The van der Waals surface area contributed by atoms with E-state index in [9.17, 15) is 9.65 Å². The minimum absolute atomic E-state index is 0.0209. The Morgan fingerprint density at radius 1 is 1.37 bits per heavy atom. The number of nitriles is 1. The number of hydrogen-bond acceptors (Lipinski definition) is 7. The summed E-state index contributed by atoms with van der Waals surface area (Å²) in [7, 11) is 1.69. The van der Waals surface area contributed by atoms with Crippen LogP contribution in [0.3, 0.4) is 0 Å². The Morgan fingerprint density at radius 2 is 2.07 bits per heavy atom. The smallest absolute Gasteiger partial charge is 0.212 e. The normalized spacial score (nSPS) is 14.1. The van der Waals surface area contributed by atoms with Gasteiger partial charge in [0.05, 0.1) is 23.3 Å². The highest BCUT2D eigenvalue weighted by Gasteiger charge is 2.28. The second-order valence-corrected chi connectivity index (χ2v) is 7.16. The van der Waals surface area contributed by atoms with Gasteiger partial charge < -0.3 is 20.9 Å². The number of benzene rings is 1. The molecule has 0 atom stereocenters. The molecule has 0 spiro atoms. The number of amidine groups is 1. The number of rotatable bonds is 5. The fourth-order valence-electron chi connectivity index (χ4n) is 3.76. The Balaban J connectivity index is 2.04. The molecular weight excluding hydrogens is 383 g/mol. The van der Waals surface area contributed by atoms with Gasteiger partial charge in [0.25, 0.3) is 0 Å². The highest BCUT2D eigenvalue weighted by Crippen LogP contribution is 2.40. The molecule has 30 heavy (non-hydrogen) atoms. The van der Waals surface area contributed by atoms with Crippen molar-refractivity contribution in [3.05, 3.63) is 41.5 Å². The van der Waals surface area contributed by atoms with Crippen LogP contribution in [0.5, 0.6) is 0 Å². The Kier molecular flexibility index (Phi) is 6.06. The summed E-state index contributed by atoms with van der Waals surface area (Å²) in [6.45, 7) is 1.19. The summed E-state index contributed by atoms with van der Waals surface area (Å²) in [5, 5.41) is 33.1. The number of hydrogen-bond donors (Lipinski definition) is 4. The van der Waals surface area contributed by atoms with Gasteiger partial charge in [-0.25, -0.2) is 4.98 Å².